The monoisotopic (exact) mass is 385 g/mol. The summed E-state index contributed by atoms with van der Waals surface area (Å²) >= 11 is 0. The molecule has 4 heteroatoms. The molecule has 0 radical (unpaired) electrons. The number of nitrogens with one attached hydrogen (secondary N) is 1. The second-order valence-corrected chi connectivity index (χ2v) is 7.32. The lowest BCUT2D eigenvalue weighted by atomic mass is 9.95. The summed E-state index contributed by atoms with van der Waals surface area (Å²) < 4.78 is 4.97. The molecule has 3 aromatic carbocycles. The van der Waals surface area contributed by atoms with E-state index in [-0.39, 0.29) is 5.91 Å². The molecule has 0 fully saturated rings. The standard InChI is InChI=1S/C25H23NO3/c1-16-9-3-4-10-17(16)15-22(25(28)29-2)26-24(27)23-20-13-7-5-11-18(20)19-12-6-8-14-21(19)23/h3-14,22-23H,15H2,1-2H3,(H,26,27)/t22-/m0/s1. The van der Waals surface area contributed by atoms with Gasteiger partial charge in [0.1, 0.15) is 6.04 Å². The van der Waals surface area contributed by atoms with Crippen LogP contribution < -0.4 is 5.32 Å². The zero-order valence-electron chi connectivity index (χ0n) is 16.5. The molecule has 29 heavy (non-hydrogen) atoms. The van der Waals surface area contributed by atoms with Gasteiger partial charge in [0.05, 0.1) is 13.0 Å². The topological polar surface area (TPSA) is 55.4 Å². The number of rotatable bonds is 5. The number of ether oxygens (including phenoxy) is 1. The van der Waals surface area contributed by atoms with Gasteiger partial charge in [0.15, 0.2) is 0 Å². The third-order valence-electron chi connectivity index (χ3n) is 5.58. The van der Waals surface area contributed by atoms with E-state index >= 15 is 0 Å². The van der Waals surface area contributed by atoms with E-state index in [0.29, 0.717) is 6.42 Å². The van der Waals surface area contributed by atoms with Crippen LogP contribution in [-0.2, 0) is 20.7 Å². The summed E-state index contributed by atoms with van der Waals surface area (Å²) in [5.74, 6) is -1.07. The summed E-state index contributed by atoms with van der Waals surface area (Å²) in [6.07, 6.45) is 0.390. The van der Waals surface area contributed by atoms with Crippen molar-refractivity contribution in [3.63, 3.8) is 0 Å². The van der Waals surface area contributed by atoms with Crippen LogP contribution in [0.4, 0.5) is 0 Å². The number of esters is 1. The Bertz CT molecular complexity index is 1030. The first-order chi connectivity index (χ1) is 14.1. The molecule has 146 valence electrons. The Morgan fingerprint density at radius 1 is 0.897 bits per heavy atom. The number of aryl methyl sites for hydroxylation is 1. The van der Waals surface area contributed by atoms with E-state index in [1.165, 1.54) is 7.11 Å². The molecule has 0 saturated carbocycles. The van der Waals surface area contributed by atoms with Crippen LogP contribution >= 0.6 is 0 Å². The van der Waals surface area contributed by atoms with Gasteiger partial charge in [-0.05, 0) is 40.3 Å². The summed E-state index contributed by atoms with van der Waals surface area (Å²) in [5.41, 5.74) is 6.15. The van der Waals surface area contributed by atoms with Gasteiger partial charge >= 0.3 is 5.97 Å². The van der Waals surface area contributed by atoms with Crippen molar-refractivity contribution in [3.8, 4) is 11.1 Å². The fourth-order valence-electron chi connectivity index (χ4n) is 4.09. The Balaban J connectivity index is 1.64. The van der Waals surface area contributed by atoms with E-state index < -0.39 is 17.9 Å². The predicted molar refractivity (Wildman–Crippen MR) is 113 cm³/mol. The third-order valence-corrected chi connectivity index (χ3v) is 5.58. The average Bonchev–Trinajstić information content (AvgIpc) is 3.09. The molecule has 0 saturated heterocycles. The predicted octanol–water partition coefficient (Wildman–Crippen LogP) is 4.01. The number of amides is 1. The van der Waals surface area contributed by atoms with Crippen LogP contribution in [0.1, 0.15) is 28.2 Å². The van der Waals surface area contributed by atoms with Gasteiger partial charge in [-0.15, -0.1) is 0 Å². The molecule has 0 bridgehead atoms. The van der Waals surface area contributed by atoms with E-state index in [4.69, 9.17) is 4.74 Å². The Morgan fingerprint density at radius 3 is 2.03 bits per heavy atom. The molecule has 1 aliphatic carbocycles. The molecule has 1 atom stereocenters. The van der Waals surface area contributed by atoms with E-state index in [1.807, 2.05) is 79.7 Å². The average molecular weight is 385 g/mol. The quantitative estimate of drug-likeness (QED) is 0.675. The number of carbonyl (C=O) groups excluding carboxylic acids is 2. The highest BCUT2D eigenvalue weighted by molar-refractivity contribution is 5.97. The molecule has 0 unspecified atom stereocenters. The fourth-order valence-corrected chi connectivity index (χ4v) is 4.09. The molecule has 0 aromatic heterocycles. The van der Waals surface area contributed by atoms with Crippen LogP contribution in [0.25, 0.3) is 11.1 Å². The Morgan fingerprint density at radius 2 is 1.45 bits per heavy atom. The van der Waals surface area contributed by atoms with Crippen LogP contribution in [0.15, 0.2) is 72.8 Å². The SMILES string of the molecule is COC(=O)[C@H](Cc1ccccc1C)NC(=O)C1c2ccccc2-c2ccccc21. The molecule has 3 aromatic rings. The first kappa shape index (κ1) is 18.9. The summed E-state index contributed by atoms with van der Waals surface area (Å²) in [5, 5.41) is 2.95. The molecule has 4 rings (SSSR count). The lowest BCUT2D eigenvalue weighted by Gasteiger charge is -2.21. The van der Waals surface area contributed by atoms with Crippen molar-refractivity contribution in [2.24, 2.45) is 0 Å². The van der Waals surface area contributed by atoms with Crippen LogP contribution in [0.2, 0.25) is 0 Å². The van der Waals surface area contributed by atoms with Crippen molar-refractivity contribution in [2.45, 2.75) is 25.3 Å². The van der Waals surface area contributed by atoms with Crippen molar-refractivity contribution < 1.29 is 14.3 Å². The van der Waals surface area contributed by atoms with Crippen molar-refractivity contribution in [1.82, 2.24) is 5.32 Å². The minimum Gasteiger partial charge on any atom is -0.467 e. The van der Waals surface area contributed by atoms with Gasteiger partial charge in [-0.25, -0.2) is 4.79 Å². The summed E-state index contributed by atoms with van der Waals surface area (Å²) in [7, 11) is 1.35. The minimum atomic E-state index is -0.742. The largest absolute Gasteiger partial charge is 0.467 e. The molecule has 1 N–H and O–H groups in total. The van der Waals surface area contributed by atoms with Gasteiger partial charge in [-0.3, -0.25) is 4.79 Å². The van der Waals surface area contributed by atoms with E-state index in [1.54, 1.807) is 0 Å². The van der Waals surface area contributed by atoms with Crippen LogP contribution in [-0.4, -0.2) is 25.0 Å². The maximum absolute atomic E-state index is 13.4. The molecular weight excluding hydrogens is 362 g/mol. The van der Waals surface area contributed by atoms with Crippen molar-refractivity contribution >= 4 is 11.9 Å². The summed E-state index contributed by atoms with van der Waals surface area (Å²) in [6, 6.07) is 23.0. The Labute approximate surface area is 170 Å². The van der Waals surface area contributed by atoms with Gasteiger partial charge in [-0.1, -0.05) is 72.8 Å². The van der Waals surface area contributed by atoms with E-state index in [0.717, 1.165) is 33.4 Å². The molecule has 1 amide bonds. The minimum absolute atomic E-state index is 0.189. The molecule has 0 aliphatic heterocycles. The molecular formula is C25H23NO3. The van der Waals surface area contributed by atoms with Crippen LogP contribution in [0, 0.1) is 6.92 Å². The highest BCUT2D eigenvalue weighted by Crippen LogP contribution is 2.44. The Hall–Kier alpha value is -3.40. The van der Waals surface area contributed by atoms with Gasteiger partial charge < -0.3 is 10.1 Å². The maximum Gasteiger partial charge on any atom is 0.328 e. The molecule has 0 spiro atoms. The second kappa shape index (κ2) is 7.92. The van der Waals surface area contributed by atoms with Crippen LogP contribution in [0.3, 0.4) is 0 Å². The van der Waals surface area contributed by atoms with Crippen LogP contribution in [0.5, 0.6) is 0 Å². The van der Waals surface area contributed by atoms with Gasteiger partial charge in [0.2, 0.25) is 5.91 Å². The zero-order chi connectivity index (χ0) is 20.4. The van der Waals surface area contributed by atoms with Gasteiger partial charge in [-0.2, -0.15) is 0 Å². The number of carbonyl (C=O) groups is 2. The smallest absolute Gasteiger partial charge is 0.328 e. The number of methoxy groups -OCH3 is 1. The van der Waals surface area contributed by atoms with Gasteiger partial charge in [0, 0.05) is 6.42 Å². The summed E-state index contributed by atoms with van der Waals surface area (Å²) in [4.78, 5) is 25.8. The highest BCUT2D eigenvalue weighted by Gasteiger charge is 2.35. The normalized spacial score (nSPS) is 13.3. The lowest BCUT2D eigenvalue weighted by Crippen LogP contribution is -2.45. The lowest BCUT2D eigenvalue weighted by molar-refractivity contribution is -0.145. The van der Waals surface area contributed by atoms with E-state index in [2.05, 4.69) is 5.32 Å². The zero-order valence-corrected chi connectivity index (χ0v) is 16.5. The van der Waals surface area contributed by atoms with Crippen molar-refractivity contribution in [1.29, 1.82) is 0 Å². The Kier molecular flexibility index (Phi) is 5.17. The summed E-state index contributed by atoms with van der Waals surface area (Å²) in [6.45, 7) is 1.99. The number of hydrogen-bond acceptors (Lipinski definition) is 3. The van der Waals surface area contributed by atoms with Crippen molar-refractivity contribution in [3.05, 3.63) is 95.1 Å². The number of benzene rings is 3. The van der Waals surface area contributed by atoms with E-state index in [9.17, 15) is 9.59 Å². The van der Waals surface area contributed by atoms with Gasteiger partial charge in [0.25, 0.3) is 0 Å². The maximum atomic E-state index is 13.4. The molecule has 0 heterocycles. The first-order valence-corrected chi connectivity index (χ1v) is 9.71. The number of fused-ring (bicyclic) bond motifs is 3. The fraction of sp³-hybridized carbons (Fsp3) is 0.200. The highest BCUT2D eigenvalue weighted by atomic mass is 16.5. The molecule has 4 nitrogen and oxygen atoms in total. The number of hydrogen-bond donors (Lipinski definition) is 1. The second-order valence-electron chi connectivity index (χ2n) is 7.32. The first-order valence-electron chi connectivity index (χ1n) is 9.71. The molecule has 1 aliphatic rings. The van der Waals surface area contributed by atoms with Crippen molar-refractivity contribution in [2.75, 3.05) is 7.11 Å². The third kappa shape index (κ3) is 3.54.